The lowest BCUT2D eigenvalue weighted by atomic mass is 10.0. The van der Waals surface area contributed by atoms with Gasteiger partial charge in [-0.05, 0) is 18.2 Å². The van der Waals surface area contributed by atoms with Crippen molar-refractivity contribution in [3.63, 3.8) is 0 Å². The molecule has 3 aliphatic rings. The van der Waals surface area contributed by atoms with Crippen LogP contribution in [-0.2, 0) is 4.79 Å². The predicted octanol–water partition coefficient (Wildman–Crippen LogP) is 0.227. The lowest BCUT2D eigenvalue weighted by Gasteiger charge is -2.48. The molecule has 3 saturated heterocycles. The van der Waals surface area contributed by atoms with Gasteiger partial charge in [-0.3, -0.25) is 19.9 Å². The van der Waals surface area contributed by atoms with Crippen molar-refractivity contribution in [3.05, 3.63) is 24.3 Å². The Balaban J connectivity index is 1.40. The quantitative estimate of drug-likeness (QED) is 0.831. The molecule has 0 radical (unpaired) electrons. The summed E-state index contributed by atoms with van der Waals surface area (Å²) in [5, 5.41) is 5.77. The fourth-order valence-electron chi connectivity index (χ4n) is 3.61. The molecule has 128 valence electrons. The van der Waals surface area contributed by atoms with Gasteiger partial charge in [0.1, 0.15) is 0 Å². The molecular formula is C17H23N5O2. The average molecular weight is 329 g/mol. The van der Waals surface area contributed by atoms with Crippen molar-refractivity contribution in [2.45, 2.75) is 12.5 Å². The van der Waals surface area contributed by atoms with Crippen LogP contribution in [0.3, 0.4) is 0 Å². The molecule has 2 N–H and O–H groups in total. The van der Waals surface area contributed by atoms with E-state index in [-0.39, 0.29) is 11.9 Å². The second-order valence-electron chi connectivity index (χ2n) is 6.62. The summed E-state index contributed by atoms with van der Waals surface area (Å²) in [6, 6.07) is 8.34. The van der Waals surface area contributed by atoms with E-state index < -0.39 is 0 Å². The number of benzene rings is 1. The van der Waals surface area contributed by atoms with Crippen LogP contribution in [0.25, 0.3) is 0 Å². The van der Waals surface area contributed by atoms with Crippen LogP contribution >= 0.6 is 0 Å². The summed E-state index contributed by atoms with van der Waals surface area (Å²) in [6.45, 7) is 6.92. The predicted molar refractivity (Wildman–Crippen MR) is 92.4 cm³/mol. The number of amides is 3. The molecule has 0 aliphatic carbocycles. The smallest absolute Gasteiger partial charge is 0.328 e. The fourth-order valence-corrected chi connectivity index (χ4v) is 3.61. The van der Waals surface area contributed by atoms with Crippen LogP contribution in [0.15, 0.2) is 24.3 Å². The monoisotopic (exact) mass is 329 g/mol. The van der Waals surface area contributed by atoms with Crippen molar-refractivity contribution in [2.24, 2.45) is 0 Å². The Morgan fingerprint density at radius 1 is 1.00 bits per heavy atom. The van der Waals surface area contributed by atoms with Gasteiger partial charge in [-0.15, -0.1) is 0 Å². The minimum Gasteiger partial charge on any atom is -0.368 e. The number of carbonyl (C=O) groups is 2. The van der Waals surface area contributed by atoms with Gasteiger partial charge in [0, 0.05) is 69.7 Å². The van der Waals surface area contributed by atoms with Gasteiger partial charge >= 0.3 is 6.03 Å². The number of hydrogen-bond donors (Lipinski definition) is 2. The first-order valence-corrected chi connectivity index (χ1v) is 8.62. The fraction of sp³-hybridized carbons (Fsp3) is 0.529. The van der Waals surface area contributed by atoms with E-state index in [1.54, 1.807) is 4.90 Å². The zero-order valence-electron chi connectivity index (χ0n) is 13.7. The van der Waals surface area contributed by atoms with Gasteiger partial charge in [0.05, 0.1) is 0 Å². The minimum atomic E-state index is -0.328. The largest absolute Gasteiger partial charge is 0.368 e. The Hall–Kier alpha value is -2.12. The molecule has 7 heteroatoms. The van der Waals surface area contributed by atoms with Crippen LogP contribution < -0.4 is 20.4 Å². The summed E-state index contributed by atoms with van der Waals surface area (Å²) >= 11 is 0. The molecule has 0 atom stereocenters. The standard InChI is InChI=1S/C17H23N5O2/c23-16-4-7-22(17(24)19-16)14-3-1-2-13(10-14)21-11-15(12-21)20-8-5-18-6-9-20/h1-3,10,15,18H,4-9,11-12H2,(H,19,23,24). The van der Waals surface area contributed by atoms with Crippen molar-refractivity contribution in [1.29, 1.82) is 0 Å². The summed E-state index contributed by atoms with van der Waals surface area (Å²) in [5.74, 6) is -0.200. The molecule has 3 fully saturated rings. The van der Waals surface area contributed by atoms with E-state index in [9.17, 15) is 9.59 Å². The Morgan fingerprint density at radius 3 is 2.50 bits per heavy atom. The number of rotatable bonds is 3. The van der Waals surface area contributed by atoms with Gasteiger partial charge < -0.3 is 10.2 Å². The van der Waals surface area contributed by atoms with Gasteiger partial charge in [-0.2, -0.15) is 0 Å². The second-order valence-corrected chi connectivity index (χ2v) is 6.62. The molecule has 1 aromatic rings. The highest BCUT2D eigenvalue weighted by Gasteiger charge is 2.33. The highest BCUT2D eigenvalue weighted by molar-refractivity contribution is 6.05. The van der Waals surface area contributed by atoms with Crippen LogP contribution in [0.1, 0.15) is 6.42 Å². The van der Waals surface area contributed by atoms with Crippen molar-refractivity contribution in [2.75, 3.05) is 55.6 Å². The van der Waals surface area contributed by atoms with E-state index >= 15 is 0 Å². The lowest BCUT2D eigenvalue weighted by molar-refractivity contribution is -0.120. The molecule has 4 rings (SSSR count). The van der Waals surface area contributed by atoms with E-state index in [0.29, 0.717) is 19.0 Å². The van der Waals surface area contributed by atoms with E-state index in [0.717, 1.165) is 50.6 Å². The topological polar surface area (TPSA) is 67.9 Å². The second kappa shape index (κ2) is 6.41. The third-order valence-corrected chi connectivity index (χ3v) is 5.09. The van der Waals surface area contributed by atoms with Gasteiger partial charge in [0.2, 0.25) is 5.91 Å². The number of nitrogens with one attached hydrogen (secondary N) is 2. The average Bonchev–Trinajstić information content (AvgIpc) is 2.55. The summed E-state index contributed by atoms with van der Waals surface area (Å²) in [4.78, 5) is 29.8. The molecule has 0 bridgehead atoms. The number of carbonyl (C=O) groups excluding carboxylic acids is 2. The van der Waals surface area contributed by atoms with Crippen molar-refractivity contribution in [3.8, 4) is 0 Å². The highest BCUT2D eigenvalue weighted by Crippen LogP contribution is 2.28. The lowest BCUT2D eigenvalue weighted by Crippen LogP contribution is -2.62. The normalized spacial score (nSPS) is 23.2. The van der Waals surface area contributed by atoms with Crippen molar-refractivity contribution < 1.29 is 9.59 Å². The minimum absolute atomic E-state index is 0.200. The van der Waals surface area contributed by atoms with Crippen LogP contribution in [-0.4, -0.2) is 68.7 Å². The zero-order chi connectivity index (χ0) is 16.5. The SMILES string of the molecule is O=C1CCN(c2cccc(N3CC(N4CCNCC4)C3)c2)C(=O)N1. The molecule has 1 aromatic carbocycles. The maximum absolute atomic E-state index is 12.0. The molecular weight excluding hydrogens is 306 g/mol. The Bertz CT molecular complexity index is 638. The van der Waals surface area contributed by atoms with E-state index in [1.165, 1.54) is 0 Å². The maximum atomic E-state index is 12.0. The molecule has 3 amide bonds. The molecule has 7 nitrogen and oxygen atoms in total. The third-order valence-electron chi connectivity index (χ3n) is 5.09. The summed E-state index contributed by atoms with van der Waals surface area (Å²) < 4.78 is 0. The van der Waals surface area contributed by atoms with Gasteiger partial charge in [-0.1, -0.05) is 6.07 Å². The summed E-state index contributed by atoms with van der Waals surface area (Å²) in [6.07, 6.45) is 0.352. The molecule has 0 unspecified atom stereocenters. The zero-order valence-corrected chi connectivity index (χ0v) is 13.7. The highest BCUT2D eigenvalue weighted by atomic mass is 16.2. The first-order chi connectivity index (χ1) is 11.7. The van der Waals surface area contributed by atoms with Crippen molar-refractivity contribution >= 4 is 23.3 Å². The molecule has 3 heterocycles. The van der Waals surface area contributed by atoms with E-state index in [4.69, 9.17) is 0 Å². The van der Waals surface area contributed by atoms with Crippen LogP contribution in [0.2, 0.25) is 0 Å². The Labute approximate surface area is 141 Å². The van der Waals surface area contributed by atoms with Crippen LogP contribution in [0, 0.1) is 0 Å². The van der Waals surface area contributed by atoms with Gasteiger partial charge in [-0.25, -0.2) is 4.79 Å². The first-order valence-electron chi connectivity index (χ1n) is 8.62. The number of hydrogen-bond acceptors (Lipinski definition) is 5. The van der Waals surface area contributed by atoms with E-state index in [1.807, 2.05) is 18.2 Å². The van der Waals surface area contributed by atoms with E-state index in [2.05, 4.69) is 26.5 Å². The van der Waals surface area contributed by atoms with Crippen LogP contribution in [0.4, 0.5) is 16.2 Å². The summed E-state index contributed by atoms with van der Waals surface area (Å²) in [5.41, 5.74) is 1.99. The van der Waals surface area contributed by atoms with Gasteiger partial charge in [0.15, 0.2) is 0 Å². The molecule has 24 heavy (non-hydrogen) atoms. The van der Waals surface area contributed by atoms with Crippen LogP contribution in [0.5, 0.6) is 0 Å². The van der Waals surface area contributed by atoms with Crippen molar-refractivity contribution in [1.82, 2.24) is 15.5 Å². The molecule has 3 aliphatic heterocycles. The number of imide groups is 1. The molecule has 0 aromatic heterocycles. The third kappa shape index (κ3) is 2.97. The molecule has 0 saturated carbocycles. The number of anilines is 2. The number of nitrogens with zero attached hydrogens (tertiary/aromatic N) is 3. The molecule has 0 spiro atoms. The Kier molecular flexibility index (Phi) is 4.12. The van der Waals surface area contributed by atoms with Gasteiger partial charge in [0.25, 0.3) is 0 Å². The number of urea groups is 1. The summed E-state index contributed by atoms with van der Waals surface area (Å²) in [7, 11) is 0. The Morgan fingerprint density at radius 2 is 1.75 bits per heavy atom. The first kappa shape index (κ1) is 15.4. The maximum Gasteiger partial charge on any atom is 0.328 e. The number of piperazine rings is 1.